The zero-order valence-electron chi connectivity index (χ0n) is 9.61. The molecule has 1 aliphatic rings. The molecule has 0 saturated carbocycles. The number of amides is 1. The van der Waals surface area contributed by atoms with Crippen LogP contribution in [-0.4, -0.2) is 21.0 Å². The van der Waals surface area contributed by atoms with Crippen LogP contribution in [0.25, 0.3) is 0 Å². The standard InChI is InChI=1S/C11H10N4O4/c1-5-4-6(2-3-12-5)13-8(16)7-9(17)14-11(19)15-10(7)18/h2-4,12H,1H2,(H,13,16)(H3,14,15,17,18,19). The maximum Gasteiger partial charge on any atom is 0.328 e. The van der Waals surface area contributed by atoms with Gasteiger partial charge in [-0.25, -0.2) is 4.79 Å². The van der Waals surface area contributed by atoms with E-state index in [1.54, 1.807) is 12.3 Å². The predicted octanol–water partition coefficient (Wildman–Crippen LogP) is -0.987. The summed E-state index contributed by atoms with van der Waals surface area (Å²) in [5, 5.41) is 14.6. The van der Waals surface area contributed by atoms with Gasteiger partial charge in [0.25, 0.3) is 11.5 Å². The van der Waals surface area contributed by atoms with Gasteiger partial charge in [0.15, 0.2) is 5.56 Å². The Morgan fingerprint density at radius 2 is 2.05 bits per heavy atom. The normalized spacial score (nSPS) is 13.7. The van der Waals surface area contributed by atoms with Gasteiger partial charge in [-0.1, -0.05) is 6.58 Å². The Morgan fingerprint density at radius 1 is 1.32 bits per heavy atom. The quantitative estimate of drug-likeness (QED) is 0.468. The molecule has 0 aromatic carbocycles. The van der Waals surface area contributed by atoms with Crippen LogP contribution in [-0.2, 0) is 0 Å². The van der Waals surface area contributed by atoms with Gasteiger partial charge >= 0.3 is 5.69 Å². The first-order valence-corrected chi connectivity index (χ1v) is 5.18. The third-order valence-electron chi connectivity index (χ3n) is 2.27. The molecule has 19 heavy (non-hydrogen) atoms. The molecule has 1 aromatic rings. The molecule has 98 valence electrons. The molecule has 1 amide bonds. The number of dihydropyridines is 1. The predicted molar refractivity (Wildman–Crippen MR) is 66.3 cm³/mol. The third kappa shape index (κ3) is 2.63. The van der Waals surface area contributed by atoms with E-state index < -0.39 is 28.6 Å². The Hall–Kier alpha value is -3.03. The number of nitrogens with one attached hydrogen (secondary N) is 4. The monoisotopic (exact) mass is 262 g/mol. The summed E-state index contributed by atoms with van der Waals surface area (Å²) in [6, 6.07) is 0. The van der Waals surface area contributed by atoms with Crippen LogP contribution in [0.4, 0.5) is 0 Å². The van der Waals surface area contributed by atoms with Gasteiger partial charge in [0.2, 0.25) is 5.88 Å². The molecule has 0 radical (unpaired) electrons. The van der Waals surface area contributed by atoms with Gasteiger partial charge < -0.3 is 15.7 Å². The highest BCUT2D eigenvalue weighted by atomic mass is 16.3. The van der Waals surface area contributed by atoms with Crippen molar-refractivity contribution in [2.45, 2.75) is 0 Å². The van der Waals surface area contributed by atoms with Crippen LogP contribution in [0, 0.1) is 0 Å². The molecule has 0 unspecified atom stereocenters. The second kappa shape index (κ2) is 4.69. The Labute approximate surface area is 106 Å². The molecular formula is C11H10N4O4. The number of hydrogen-bond donors (Lipinski definition) is 5. The van der Waals surface area contributed by atoms with E-state index in [1.165, 1.54) is 6.08 Å². The number of H-pyrrole nitrogens is 2. The summed E-state index contributed by atoms with van der Waals surface area (Å²) in [5.74, 6) is -1.64. The number of carbonyl (C=O) groups is 1. The Balaban J connectivity index is 2.31. The second-order valence-corrected chi connectivity index (χ2v) is 3.69. The van der Waals surface area contributed by atoms with Crippen LogP contribution < -0.4 is 21.9 Å². The molecule has 0 atom stereocenters. The first-order valence-electron chi connectivity index (χ1n) is 5.18. The van der Waals surface area contributed by atoms with Gasteiger partial charge in [-0.3, -0.25) is 19.6 Å². The van der Waals surface area contributed by atoms with Crippen molar-refractivity contribution < 1.29 is 9.90 Å². The number of rotatable bonds is 2. The molecule has 0 saturated heterocycles. The van der Waals surface area contributed by atoms with Crippen molar-refractivity contribution in [3.05, 3.63) is 62.7 Å². The smallest absolute Gasteiger partial charge is 0.328 e. The fourth-order valence-corrected chi connectivity index (χ4v) is 1.47. The van der Waals surface area contributed by atoms with Crippen molar-refractivity contribution >= 4 is 5.91 Å². The van der Waals surface area contributed by atoms with Gasteiger partial charge in [0, 0.05) is 17.6 Å². The minimum absolute atomic E-state index is 0.388. The van der Waals surface area contributed by atoms with Crippen LogP contribution >= 0.6 is 0 Å². The molecule has 8 nitrogen and oxygen atoms in total. The topological polar surface area (TPSA) is 127 Å². The zero-order valence-corrected chi connectivity index (χ0v) is 9.61. The van der Waals surface area contributed by atoms with E-state index in [-0.39, 0.29) is 0 Å². The molecular weight excluding hydrogens is 252 g/mol. The van der Waals surface area contributed by atoms with E-state index in [2.05, 4.69) is 17.2 Å². The van der Waals surface area contributed by atoms with Crippen molar-refractivity contribution in [2.24, 2.45) is 0 Å². The highest BCUT2D eigenvalue weighted by Gasteiger charge is 2.18. The number of aromatic amines is 2. The largest absolute Gasteiger partial charge is 0.494 e. The lowest BCUT2D eigenvalue weighted by Gasteiger charge is -2.11. The average Bonchev–Trinajstić information content (AvgIpc) is 2.27. The van der Waals surface area contributed by atoms with Crippen LogP contribution in [0.1, 0.15) is 10.4 Å². The number of allylic oxidation sites excluding steroid dienone is 2. The van der Waals surface area contributed by atoms with Crippen LogP contribution in [0.2, 0.25) is 0 Å². The second-order valence-electron chi connectivity index (χ2n) is 3.69. The van der Waals surface area contributed by atoms with Gasteiger partial charge in [0.05, 0.1) is 0 Å². The fourth-order valence-electron chi connectivity index (χ4n) is 1.47. The summed E-state index contributed by atoms with van der Waals surface area (Å²) in [4.78, 5) is 37.9. The number of carbonyl (C=O) groups excluding carboxylic acids is 1. The van der Waals surface area contributed by atoms with Gasteiger partial charge in [-0.05, 0) is 12.2 Å². The van der Waals surface area contributed by atoms with E-state index in [0.29, 0.717) is 11.4 Å². The molecule has 1 aliphatic heterocycles. The van der Waals surface area contributed by atoms with E-state index in [9.17, 15) is 19.5 Å². The van der Waals surface area contributed by atoms with E-state index >= 15 is 0 Å². The molecule has 0 fully saturated rings. The molecule has 1 aromatic heterocycles. The van der Waals surface area contributed by atoms with Crippen molar-refractivity contribution in [3.63, 3.8) is 0 Å². The summed E-state index contributed by atoms with van der Waals surface area (Å²) in [6.45, 7) is 3.64. The summed E-state index contributed by atoms with van der Waals surface area (Å²) < 4.78 is 0. The van der Waals surface area contributed by atoms with Crippen LogP contribution in [0.15, 0.2) is 45.9 Å². The number of hydrogen-bond acceptors (Lipinski definition) is 5. The van der Waals surface area contributed by atoms with Gasteiger partial charge in [0.1, 0.15) is 0 Å². The maximum absolute atomic E-state index is 11.8. The number of aromatic nitrogens is 2. The van der Waals surface area contributed by atoms with Crippen molar-refractivity contribution in [1.29, 1.82) is 0 Å². The van der Waals surface area contributed by atoms with Crippen LogP contribution in [0.3, 0.4) is 0 Å². The van der Waals surface area contributed by atoms with Crippen LogP contribution in [0.5, 0.6) is 5.88 Å². The first-order chi connectivity index (χ1) is 8.97. The Kier molecular flexibility index (Phi) is 3.06. The van der Waals surface area contributed by atoms with Crippen molar-refractivity contribution in [3.8, 4) is 5.88 Å². The zero-order chi connectivity index (χ0) is 14.0. The van der Waals surface area contributed by atoms with Crippen molar-refractivity contribution in [1.82, 2.24) is 20.6 Å². The Bertz CT molecular complexity index is 723. The molecule has 0 aliphatic carbocycles. The third-order valence-corrected chi connectivity index (χ3v) is 2.27. The average molecular weight is 262 g/mol. The molecule has 2 rings (SSSR count). The lowest BCUT2D eigenvalue weighted by Crippen LogP contribution is -2.33. The highest BCUT2D eigenvalue weighted by molar-refractivity contribution is 5.97. The fraction of sp³-hybridized carbons (Fsp3) is 0. The maximum atomic E-state index is 11.8. The lowest BCUT2D eigenvalue weighted by molar-refractivity contribution is 0.0962. The summed E-state index contributed by atoms with van der Waals surface area (Å²) in [5.41, 5.74) is -1.50. The first kappa shape index (κ1) is 12.4. The van der Waals surface area contributed by atoms with E-state index in [4.69, 9.17) is 0 Å². The van der Waals surface area contributed by atoms with E-state index in [0.717, 1.165) is 0 Å². The number of aromatic hydroxyl groups is 1. The highest BCUT2D eigenvalue weighted by Crippen LogP contribution is 2.08. The molecule has 2 heterocycles. The SMILES string of the molecule is C=C1C=C(NC(=O)c2c(O)[nH]c(=O)[nH]c2=O)C=CN1. The van der Waals surface area contributed by atoms with Crippen molar-refractivity contribution in [2.75, 3.05) is 0 Å². The summed E-state index contributed by atoms with van der Waals surface area (Å²) in [6.07, 6.45) is 4.63. The molecule has 0 bridgehead atoms. The Morgan fingerprint density at radius 3 is 2.68 bits per heavy atom. The van der Waals surface area contributed by atoms with E-state index in [1.807, 2.05) is 9.97 Å². The molecule has 5 N–H and O–H groups in total. The summed E-state index contributed by atoms with van der Waals surface area (Å²) >= 11 is 0. The molecule has 0 spiro atoms. The lowest BCUT2D eigenvalue weighted by atomic mass is 10.2. The van der Waals surface area contributed by atoms with Gasteiger partial charge in [-0.15, -0.1) is 0 Å². The summed E-state index contributed by atoms with van der Waals surface area (Å²) in [7, 11) is 0. The minimum Gasteiger partial charge on any atom is -0.494 e. The van der Waals surface area contributed by atoms with Gasteiger partial charge in [-0.2, -0.15) is 0 Å². The minimum atomic E-state index is -0.976. The molecule has 8 heteroatoms.